The number of hydrogen-bond donors (Lipinski definition) is 1. The van der Waals surface area contributed by atoms with Crippen LogP contribution in [-0.2, 0) is 21.5 Å². The summed E-state index contributed by atoms with van der Waals surface area (Å²) in [6, 6.07) is 13.0. The molecule has 0 radical (unpaired) electrons. The molecule has 1 aromatic heterocycles. The Kier molecular flexibility index (Phi) is 7.12. The van der Waals surface area contributed by atoms with E-state index in [0.717, 1.165) is 11.1 Å². The number of Topliss-reactive ketones (excluding diaryl/α,β-unsaturated/α-hetero) is 1. The highest BCUT2D eigenvalue weighted by Crippen LogP contribution is 2.43. The average molecular weight is 525 g/mol. The van der Waals surface area contributed by atoms with E-state index in [1.165, 1.54) is 12.0 Å². The summed E-state index contributed by atoms with van der Waals surface area (Å²) in [5.41, 5.74) is 2.32. The number of halogens is 2. The molecule has 1 aliphatic rings. The first kappa shape index (κ1) is 25.7. The normalized spacial score (nSPS) is 17.5. The van der Waals surface area contributed by atoms with Crippen LogP contribution in [0, 0.1) is 0 Å². The minimum absolute atomic E-state index is 0.0446. The second-order valence-electron chi connectivity index (χ2n) is 9.62. The van der Waals surface area contributed by atoms with Crippen LogP contribution in [0.15, 0.2) is 66.5 Å². The molecule has 1 saturated heterocycles. The van der Waals surface area contributed by atoms with Crippen molar-refractivity contribution in [2.75, 3.05) is 7.11 Å². The molecule has 1 aliphatic heterocycles. The molecular formula is C28H26Cl2N2O4. The maximum absolute atomic E-state index is 13.4. The molecule has 4 rings (SSSR count). The molecule has 3 aromatic rings. The van der Waals surface area contributed by atoms with E-state index in [-0.39, 0.29) is 28.3 Å². The molecule has 1 N–H and O–H groups in total. The van der Waals surface area contributed by atoms with Crippen molar-refractivity contribution < 1.29 is 19.4 Å². The summed E-state index contributed by atoms with van der Waals surface area (Å²) in [6.07, 6.45) is 3.23. The van der Waals surface area contributed by atoms with Crippen LogP contribution in [-0.4, -0.2) is 33.8 Å². The van der Waals surface area contributed by atoms with Crippen molar-refractivity contribution in [3.63, 3.8) is 0 Å². The maximum Gasteiger partial charge on any atom is 0.295 e. The highest BCUT2D eigenvalue weighted by atomic mass is 35.5. The third-order valence-corrected chi connectivity index (χ3v) is 6.96. The lowest BCUT2D eigenvalue weighted by atomic mass is 9.85. The first-order valence-electron chi connectivity index (χ1n) is 11.3. The van der Waals surface area contributed by atoms with E-state index < -0.39 is 17.7 Å². The summed E-state index contributed by atoms with van der Waals surface area (Å²) < 4.78 is 5.50. The fourth-order valence-electron chi connectivity index (χ4n) is 4.26. The first-order valence-corrected chi connectivity index (χ1v) is 12.1. The van der Waals surface area contributed by atoms with Gasteiger partial charge in [0.2, 0.25) is 0 Å². The van der Waals surface area contributed by atoms with Crippen molar-refractivity contribution in [3.05, 3.63) is 98.8 Å². The Morgan fingerprint density at radius 1 is 1.03 bits per heavy atom. The number of amides is 1. The van der Waals surface area contributed by atoms with Crippen molar-refractivity contribution in [1.82, 2.24) is 9.88 Å². The van der Waals surface area contributed by atoms with Gasteiger partial charge >= 0.3 is 0 Å². The minimum atomic E-state index is -0.893. The molecule has 0 saturated carbocycles. The summed E-state index contributed by atoms with van der Waals surface area (Å²) >= 11 is 12.4. The average Bonchev–Trinajstić information content (AvgIpc) is 3.10. The van der Waals surface area contributed by atoms with Gasteiger partial charge in [0.15, 0.2) is 0 Å². The summed E-state index contributed by atoms with van der Waals surface area (Å²) in [5, 5.41) is 12.2. The van der Waals surface area contributed by atoms with Gasteiger partial charge in [-0.2, -0.15) is 0 Å². The molecule has 0 spiro atoms. The van der Waals surface area contributed by atoms with Gasteiger partial charge < -0.3 is 14.7 Å². The lowest BCUT2D eigenvalue weighted by Crippen LogP contribution is -2.29. The van der Waals surface area contributed by atoms with Crippen LogP contribution in [0.1, 0.15) is 49.1 Å². The fraction of sp³-hybridized carbons (Fsp3) is 0.250. The molecule has 0 bridgehead atoms. The van der Waals surface area contributed by atoms with Gasteiger partial charge in [-0.3, -0.25) is 14.6 Å². The van der Waals surface area contributed by atoms with Crippen molar-refractivity contribution in [2.45, 2.75) is 38.8 Å². The standard InChI is InChI=1S/C28H26Cl2N2O4/c1-28(2,3)18-6-8-22(36-4)19(14-18)25(33)23-24(17-5-7-20(29)21(30)13-17)32(27(35)26(23)34)15-16-9-11-31-12-10-16/h5-14,24,33H,15H2,1-4H3/b25-23+. The lowest BCUT2D eigenvalue weighted by Gasteiger charge is -2.26. The van der Waals surface area contributed by atoms with E-state index in [1.807, 2.05) is 26.8 Å². The van der Waals surface area contributed by atoms with Gasteiger partial charge in [0, 0.05) is 18.9 Å². The zero-order valence-electron chi connectivity index (χ0n) is 20.4. The van der Waals surface area contributed by atoms with Crippen LogP contribution in [0.4, 0.5) is 0 Å². The Labute approximate surface area is 220 Å². The van der Waals surface area contributed by atoms with Gasteiger partial charge in [-0.1, -0.05) is 56.1 Å². The first-order chi connectivity index (χ1) is 17.0. The molecule has 1 amide bonds. The smallest absolute Gasteiger partial charge is 0.295 e. The third kappa shape index (κ3) is 4.84. The molecule has 8 heteroatoms. The van der Waals surface area contributed by atoms with E-state index in [9.17, 15) is 14.7 Å². The Morgan fingerprint density at radius 2 is 1.72 bits per heavy atom. The van der Waals surface area contributed by atoms with Crippen LogP contribution < -0.4 is 4.74 Å². The number of methoxy groups -OCH3 is 1. The zero-order chi connectivity index (χ0) is 26.2. The largest absolute Gasteiger partial charge is 0.507 e. The number of ether oxygens (including phenoxy) is 1. The van der Waals surface area contributed by atoms with Crippen molar-refractivity contribution >= 4 is 40.7 Å². The molecule has 1 atom stereocenters. The van der Waals surface area contributed by atoms with E-state index >= 15 is 0 Å². The predicted octanol–water partition coefficient (Wildman–Crippen LogP) is 6.32. The molecule has 36 heavy (non-hydrogen) atoms. The Bertz CT molecular complexity index is 1360. The van der Waals surface area contributed by atoms with E-state index in [4.69, 9.17) is 27.9 Å². The van der Waals surface area contributed by atoms with Gasteiger partial charge in [0.1, 0.15) is 11.5 Å². The Morgan fingerprint density at radius 3 is 2.33 bits per heavy atom. The quantitative estimate of drug-likeness (QED) is 0.240. The zero-order valence-corrected chi connectivity index (χ0v) is 21.9. The van der Waals surface area contributed by atoms with Crippen LogP contribution >= 0.6 is 23.2 Å². The van der Waals surface area contributed by atoms with Gasteiger partial charge in [-0.15, -0.1) is 0 Å². The SMILES string of the molecule is COc1ccc(C(C)(C)C)cc1/C(O)=C1\C(=O)C(=O)N(Cc2ccncc2)C1c1ccc(Cl)c(Cl)c1. The second kappa shape index (κ2) is 9.96. The lowest BCUT2D eigenvalue weighted by molar-refractivity contribution is -0.140. The molecule has 1 unspecified atom stereocenters. The number of carbonyl (C=O) groups is 2. The second-order valence-corrected chi connectivity index (χ2v) is 10.4. The predicted molar refractivity (Wildman–Crippen MR) is 140 cm³/mol. The number of nitrogens with zero attached hydrogens (tertiary/aromatic N) is 2. The molecule has 6 nitrogen and oxygen atoms in total. The van der Waals surface area contributed by atoms with Crippen LogP contribution in [0.5, 0.6) is 5.75 Å². The number of ketones is 1. The Hall–Kier alpha value is -3.35. The molecule has 186 valence electrons. The molecule has 1 fully saturated rings. The number of likely N-dealkylation sites (tertiary alicyclic amines) is 1. The van der Waals surface area contributed by atoms with E-state index in [0.29, 0.717) is 21.9 Å². The van der Waals surface area contributed by atoms with Crippen LogP contribution in [0.3, 0.4) is 0 Å². The number of hydrogen-bond acceptors (Lipinski definition) is 5. The van der Waals surface area contributed by atoms with E-state index in [1.54, 1.807) is 54.9 Å². The van der Waals surface area contributed by atoms with Gasteiger partial charge in [-0.25, -0.2) is 0 Å². The number of aromatic nitrogens is 1. The topological polar surface area (TPSA) is 79.7 Å². The monoisotopic (exact) mass is 524 g/mol. The molecule has 0 aliphatic carbocycles. The minimum Gasteiger partial charge on any atom is -0.507 e. The number of rotatable bonds is 5. The van der Waals surface area contributed by atoms with Gasteiger partial charge in [0.25, 0.3) is 11.7 Å². The molecule has 2 heterocycles. The summed E-state index contributed by atoms with van der Waals surface area (Å²) in [4.78, 5) is 32.1. The highest BCUT2D eigenvalue weighted by molar-refractivity contribution is 6.46. The van der Waals surface area contributed by atoms with Crippen LogP contribution in [0.2, 0.25) is 10.0 Å². The molecular weight excluding hydrogens is 499 g/mol. The van der Waals surface area contributed by atoms with Crippen LogP contribution in [0.25, 0.3) is 5.76 Å². The maximum atomic E-state index is 13.4. The fourth-order valence-corrected chi connectivity index (χ4v) is 4.57. The summed E-state index contributed by atoms with van der Waals surface area (Å²) in [6.45, 7) is 6.26. The summed E-state index contributed by atoms with van der Waals surface area (Å²) in [5.74, 6) is -1.45. The molecule has 2 aromatic carbocycles. The highest BCUT2D eigenvalue weighted by Gasteiger charge is 2.46. The number of pyridine rings is 1. The number of carbonyl (C=O) groups excluding carboxylic acids is 2. The van der Waals surface area contributed by atoms with Crippen molar-refractivity contribution in [2.24, 2.45) is 0 Å². The van der Waals surface area contributed by atoms with Gasteiger partial charge in [-0.05, 0) is 58.5 Å². The number of aliphatic hydroxyl groups excluding tert-OH is 1. The van der Waals surface area contributed by atoms with Crippen molar-refractivity contribution in [1.29, 1.82) is 0 Å². The third-order valence-electron chi connectivity index (χ3n) is 6.22. The van der Waals surface area contributed by atoms with Crippen molar-refractivity contribution in [3.8, 4) is 5.75 Å². The number of benzene rings is 2. The van der Waals surface area contributed by atoms with E-state index in [2.05, 4.69) is 4.98 Å². The summed E-state index contributed by atoms with van der Waals surface area (Å²) in [7, 11) is 1.49. The van der Waals surface area contributed by atoms with Gasteiger partial charge in [0.05, 0.1) is 34.3 Å². The Balaban J connectivity index is 1.95. The number of aliphatic hydroxyl groups is 1.